The highest BCUT2D eigenvalue weighted by Gasteiger charge is 2.12. The first-order chi connectivity index (χ1) is 20.8. The van der Waals surface area contributed by atoms with Crippen LogP contribution in [0, 0.1) is 0 Å². The van der Waals surface area contributed by atoms with Gasteiger partial charge in [0.2, 0.25) is 0 Å². The van der Waals surface area contributed by atoms with Crippen molar-refractivity contribution in [3.63, 3.8) is 0 Å². The van der Waals surface area contributed by atoms with Gasteiger partial charge in [-0.15, -0.1) is 0 Å². The lowest BCUT2D eigenvalue weighted by atomic mass is 9.94. The van der Waals surface area contributed by atoms with Crippen LogP contribution in [-0.4, -0.2) is 15.0 Å². The van der Waals surface area contributed by atoms with Crippen LogP contribution in [0.2, 0.25) is 0 Å². The largest absolute Gasteiger partial charge is 0.256 e. The van der Waals surface area contributed by atoms with Crippen molar-refractivity contribution in [3.05, 3.63) is 152 Å². The summed E-state index contributed by atoms with van der Waals surface area (Å²) < 4.78 is 0. The Bertz CT molecular complexity index is 2240. The van der Waals surface area contributed by atoms with Crippen LogP contribution in [-0.2, 0) is 0 Å². The zero-order chi connectivity index (χ0) is 27.9. The molecule has 0 N–H and O–H groups in total. The monoisotopic (exact) mass is 535 g/mol. The molecule has 3 nitrogen and oxygen atoms in total. The van der Waals surface area contributed by atoms with Crippen LogP contribution in [0.4, 0.5) is 0 Å². The Kier molecular flexibility index (Phi) is 5.79. The van der Waals surface area contributed by atoms with E-state index in [2.05, 4.69) is 114 Å². The maximum absolute atomic E-state index is 5.03. The lowest BCUT2D eigenvalue weighted by molar-refractivity contribution is 1.23. The van der Waals surface area contributed by atoms with Gasteiger partial charge in [0.05, 0.1) is 16.7 Å². The zero-order valence-electron chi connectivity index (χ0n) is 22.8. The number of fused-ring (bicyclic) bond motifs is 4. The van der Waals surface area contributed by atoms with Crippen molar-refractivity contribution < 1.29 is 0 Å². The van der Waals surface area contributed by atoms with E-state index in [0.717, 1.165) is 50.0 Å². The summed E-state index contributed by atoms with van der Waals surface area (Å²) in [6, 6.07) is 50.8. The summed E-state index contributed by atoms with van der Waals surface area (Å²) in [6.45, 7) is 0. The smallest absolute Gasteiger partial charge is 0.160 e. The fourth-order valence-corrected chi connectivity index (χ4v) is 5.85. The molecule has 0 aliphatic heterocycles. The Hall–Kier alpha value is -5.67. The molecule has 0 saturated carbocycles. The van der Waals surface area contributed by atoms with Gasteiger partial charge in [-0.1, -0.05) is 127 Å². The Labute approximate surface area is 243 Å². The van der Waals surface area contributed by atoms with Crippen molar-refractivity contribution in [2.75, 3.05) is 0 Å². The molecule has 0 amide bonds. The molecule has 6 aromatic carbocycles. The van der Waals surface area contributed by atoms with Crippen molar-refractivity contribution in [1.29, 1.82) is 0 Å². The Morgan fingerprint density at radius 2 is 1.14 bits per heavy atom. The fraction of sp³-hybridized carbons (Fsp3) is 0. The first-order valence-corrected chi connectivity index (χ1v) is 14.1. The molecule has 8 rings (SSSR count). The van der Waals surface area contributed by atoms with Crippen molar-refractivity contribution in [1.82, 2.24) is 15.0 Å². The minimum absolute atomic E-state index is 0.726. The highest BCUT2D eigenvalue weighted by molar-refractivity contribution is 6.10. The van der Waals surface area contributed by atoms with Crippen molar-refractivity contribution in [2.45, 2.75) is 0 Å². The number of nitrogens with zero attached hydrogens (tertiary/aromatic N) is 3. The molecule has 2 aromatic heterocycles. The second-order valence-electron chi connectivity index (χ2n) is 10.5. The third-order valence-electron chi connectivity index (χ3n) is 7.93. The van der Waals surface area contributed by atoms with Crippen LogP contribution in [0.25, 0.3) is 77.5 Å². The second-order valence-corrected chi connectivity index (χ2v) is 10.5. The number of pyridine rings is 1. The average molecular weight is 536 g/mol. The van der Waals surface area contributed by atoms with Gasteiger partial charge in [0.15, 0.2) is 5.82 Å². The average Bonchev–Trinajstić information content (AvgIpc) is 3.08. The predicted octanol–water partition coefficient (Wildman–Crippen LogP) is 10.00. The molecule has 0 saturated heterocycles. The quantitative estimate of drug-likeness (QED) is 0.211. The third-order valence-corrected chi connectivity index (χ3v) is 7.93. The minimum atomic E-state index is 0.726. The van der Waals surface area contributed by atoms with E-state index in [9.17, 15) is 0 Å². The molecule has 0 fully saturated rings. The van der Waals surface area contributed by atoms with E-state index in [1.165, 1.54) is 27.5 Å². The minimum Gasteiger partial charge on any atom is -0.256 e. The molecule has 0 atom stereocenters. The molecule has 42 heavy (non-hydrogen) atoms. The molecule has 0 radical (unpaired) electrons. The maximum Gasteiger partial charge on any atom is 0.160 e. The van der Waals surface area contributed by atoms with Crippen LogP contribution in [0.15, 0.2) is 152 Å². The number of benzene rings is 6. The first kappa shape index (κ1) is 24.2. The van der Waals surface area contributed by atoms with Crippen LogP contribution >= 0.6 is 0 Å². The topological polar surface area (TPSA) is 38.7 Å². The highest BCUT2D eigenvalue weighted by atomic mass is 14.9. The van der Waals surface area contributed by atoms with Gasteiger partial charge in [0.25, 0.3) is 0 Å². The van der Waals surface area contributed by atoms with E-state index in [4.69, 9.17) is 9.97 Å². The summed E-state index contributed by atoms with van der Waals surface area (Å²) in [5.41, 5.74) is 9.71. The van der Waals surface area contributed by atoms with E-state index in [1.54, 1.807) is 0 Å². The van der Waals surface area contributed by atoms with Crippen LogP contribution in [0.3, 0.4) is 0 Å². The molecule has 0 aliphatic rings. The lowest BCUT2D eigenvalue weighted by Crippen LogP contribution is -1.95. The maximum atomic E-state index is 5.03. The molecular formula is C39H25N3. The summed E-state index contributed by atoms with van der Waals surface area (Å²) >= 11 is 0. The molecule has 0 unspecified atom stereocenters. The van der Waals surface area contributed by atoms with Crippen molar-refractivity contribution in [2.24, 2.45) is 0 Å². The second kappa shape index (κ2) is 10.1. The predicted molar refractivity (Wildman–Crippen MR) is 174 cm³/mol. The number of para-hydroxylation sites is 1. The van der Waals surface area contributed by atoms with E-state index in [0.29, 0.717) is 0 Å². The van der Waals surface area contributed by atoms with Gasteiger partial charge >= 0.3 is 0 Å². The fourth-order valence-electron chi connectivity index (χ4n) is 5.85. The van der Waals surface area contributed by atoms with Crippen LogP contribution in [0.1, 0.15) is 0 Å². The number of hydrogen-bond acceptors (Lipinski definition) is 3. The number of hydrogen-bond donors (Lipinski definition) is 0. The number of aromatic nitrogens is 3. The van der Waals surface area contributed by atoms with E-state index >= 15 is 0 Å². The molecule has 8 aromatic rings. The third kappa shape index (κ3) is 4.20. The molecule has 0 aliphatic carbocycles. The molecule has 196 valence electrons. The summed E-state index contributed by atoms with van der Waals surface area (Å²) in [6.07, 6.45) is 1.87. The summed E-state index contributed by atoms with van der Waals surface area (Å²) in [4.78, 5) is 14.6. The number of rotatable bonds is 4. The lowest BCUT2D eigenvalue weighted by Gasteiger charge is -2.11. The summed E-state index contributed by atoms with van der Waals surface area (Å²) in [7, 11) is 0. The van der Waals surface area contributed by atoms with Gasteiger partial charge in [0.1, 0.15) is 0 Å². The molecule has 0 bridgehead atoms. The van der Waals surface area contributed by atoms with Gasteiger partial charge in [-0.25, -0.2) is 9.97 Å². The Balaban J connectivity index is 1.18. The Morgan fingerprint density at radius 1 is 0.405 bits per heavy atom. The van der Waals surface area contributed by atoms with Gasteiger partial charge in [0, 0.05) is 33.5 Å². The van der Waals surface area contributed by atoms with E-state index in [-0.39, 0.29) is 0 Å². The van der Waals surface area contributed by atoms with E-state index < -0.39 is 0 Å². The SMILES string of the molecule is c1ccc(-c2nc(-c3ccc(-c4cccc(-c5cccc6c5ccc5cccnc56)c4)cc3)nc3ccccc23)cc1. The normalized spacial score (nSPS) is 11.3. The van der Waals surface area contributed by atoms with Gasteiger partial charge in [-0.2, -0.15) is 0 Å². The molecular weight excluding hydrogens is 510 g/mol. The van der Waals surface area contributed by atoms with Crippen molar-refractivity contribution >= 4 is 32.6 Å². The Morgan fingerprint density at radius 3 is 2.05 bits per heavy atom. The molecule has 3 heteroatoms. The van der Waals surface area contributed by atoms with Gasteiger partial charge in [-0.05, 0) is 45.8 Å². The highest BCUT2D eigenvalue weighted by Crippen LogP contribution is 2.35. The van der Waals surface area contributed by atoms with Crippen molar-refractivity contribution in [3.8, 4) is 44.9 Å². The summed E-state index contributed by atoms with van der Waals surface area (Å²) in [5.74, 6) is 0.726. The van der Waals surface area contributed by atoms with Crippen LogP contribution < -0.4 is 0 Å². The summed E-state index contributed by atoms with van der Waals surface area (Å²) in [5, 5.41) is 4.59. The van der Waals surface area contributed by atoms with Crippen LogP contribution in [0.5, 0.6) is 0 Å². The first-order valence-electron chi connectivity index (χ1n) is 14.1. The van der Waals surface area contributed by atoms with E-state index in [1.807, 2.05) is 42.6 Å². The molecule has 0 spiro atoms. The van der Waals surface area contributed by atoms with Gasteiger partial charge in [-0.3, -0.25) is 4.98 Å². The zero-order valence-corrected chi connectivity index (χ0v) is 22.8. The molecule has 2 heterocycles. The van der Waals surface area contributed by atoms with Gasteiger partial charge < -0.3 is 0 Å². The standard InChI is InChI=1S/C39H25N3/c1-2-9-27(10-3-1)38-35-14-4-5-17-36(35)41-39(42-38)29-20-18-26(19-21-29)30-11-6-12-31(25-30)32-15-7-16-34-33(32)23-22-28-13-8-24-40-37(28)34/h1-25H.